The summed E-state index contributed by atoms with van der Waals surface area (Å²) in [6.45, 7) is 8.77. The summed E-state index contributed by atoms with van der Waals surface area (Å²) < 4.78 is 15.5. The molecule has 3 rings (SSSR count). The molecule has 29 heavy (non-hydrogen) atoms. The van der Waals surface area contributed by atoms with Gasteiger partial charge in [0.15, 0.2) is 0 Å². The minimum atomic E-state index is -1.29. The van der Waals surface area contributed by atoms with Crippen LogP contribution in [0.15, 0.2) is 51.2 Å². The minimum absolute atomic E-state index is 0.241. The van der Waals surface area contributed by atoms with E-state index in [-0.39, 0.29) is 5.57 Å². The third kappa shape index (κ3) is 4.39. The Morgan fingerprint density at radius 2 is 1.66 bits per heavy atom. The smallest absolute Gasteiger partial charge is 0.348 e. The number of allylic oxidation sites excluding steroid dienone is 2. The molecule has 0 atom stereocenters. The summed E-state index contributed by atoms with van der Waals surface area (Å²) in [6.07, 6.45) is 4.14. The third-order valence-corrected chi connectivity index (χ3v) is 4.53. The van der Waals surface area contributed by atoms with Crippen molar-refractivity contribution in [1.29, 1.82) is 0 Å². The highest BCUT2D eigenvalue weighted by atomic mass is 16.7. The summed E-state index contributed by atoms with van der Waals surface area (Å²) in [7, 11) is 0. The molecular weight excluding hydrogens is 374 g/mol. The Morgan fingerprint density at radius 3 is 2.28 bits per heavy atom. The van der Waals surface area contributed by atoms with E-state index >= 15 is 0 Å². The number of anilines is 1. The molecule has 0 radical (unpaired) electrons. The van der Waals surface area contributed by atoms with Crippen molar-refractivity contribution in [3.8, 4) is 0 Å². The van der Waals surface area contributed by atoms with E-state index in [1.807, 2.05) is 18.2 Å². The first-order chi connectivity index (χ1) is 13.7. The molecule has 0 bridgehead atoms. The molecule has 0 N–H and O–H groups in total. The van der Waals surface area contributed by atoms with Crippen molar-refractivity contribution in [2.45, 2.75) is 33.5 Å². The maximum Gasteiger partial charge on any atom is 0.348 e. The topological polar surface area (TPSA) is 86.0 Å². The summed E-state index contributed by atoms with van der Waals surface area (Å²) in [5.41, 5.74) is 1.02. The van der Waals surface area contributed by atoms with E-state index < -0.39 is 23.4 Å². The van der Waals surface area contributed by atoms with Gasteiger partial charge in [-0.3, -0.25) is 0 Å². The predicted molar refractivity (Wildman–Crippen MR) is 109 cm³/mol. The van der Waals surface area contributed by atoms with Crippen molar-refractivity contribution >= 4 is 34.7 Å². The number of rotatable bonds is 5. The van der Waals surface area contributed by atoms with E-state index in [4.69, 9.17) is 13.9 Å². The standard InChI is InChI=1S/C22H23NO6/c1-5-23(6-2)16-11-10-14-12-15(19(24)27-18(14)13-16)8-7-9-17-20(25)28-22(3,4)29-21(17)26/h7-13H,5-6H2,1-4H3/b8-7+. The van der Waals surface area contributed by atoms with Crippen LogP contribution < -0.4 is 10.5 Å². The van der Waals surface area contributed by atoms with Crippen LogP contribution in [0.1, 0.15) is 33.3 Å². The Kier molecular flexibility index (Phi) is 5.59. The second kappa shape index (κ2) is 7.95. The monoisotopic (exact) mass is 397 g/mol. The molecule has 0 spiro atoms. The summed E-state index contributed by atoms with van der Waals surface area (Å²) in [5.74, 6) is -2.84. The lowest BCUT2D eigenvalue weighted by Crippen LogP contribution is -2.41. The number of ether oxygens (including phenoxy) is 2. The number of carbonyl (C=O) groups excluding carboxylic acids is 2. The molecule has 0 amide bonds. The lowest BCUT2D eigenvalue weighted by molar-refractivity contribution is -0.222. The zero-order valence-electron chi connectivity index (χ0n) is 16.9. The third-order valence-electron chi connectivity index (χ3n) is 4.53. The predicted octanol–water partition coefficient (Wildman–Crippen LogP) is 3.41. The fourth-order valence-electron chi connectivity index (χ4n) is 3.06. The van der Waals surface area contributed by atoms with Crippen LogP contribution in [0.4, 0.5) is 5.69 Å². The van der Waals surface area contributed by atoms with E-state index in [0.29, 0.717) is 11.1 Å². The van der Waals surface area contributed by atoms with Crippen LogP contribution in [0.2, 0.25) is 0 Å². The molecule has 1 fully saturated rings. The second-order valence-corrected chi connectivity index (χ2v) is 7.00. The molecule has 152 valence electrons. The summed E-state index contributed by atoms with van der Waals surface area (Å²) in [6, 6.07) is 7.40. The van der Waals surface area contributed by atoms with E-state index in [1.165, 1.54) is 32.1 Å². The largest absolute Gasteiger partial charge is 0.422 e. The molecule has 0 saturated carbocycles. The molecule has 2 heterocycles. The van der Waals surface area contributed by atoms with Crippen molar-refractivity contribution < 1.29 is 23.5 Å². The van der Waals surface area contributed by atoms with Gasteiger partial charge in [0.1, 0.15) is 11.2 Å². The molecule has 1 aromatic carbocycles. The van der Waals surface area contributed by atoms with Gasteiger partial charge in [0, 0.05) is 44.1 Å². The van der Waals surface area contributed by atoms with Gasteiger partial charge in [0.25, 0.3) is 5.79 Å². The average molecular weight is 397 g/mol. The molecule has 0 unspecified atom stereocenters. The van der Waals surface area contributed by atoms with Crippen LogP contribution in [0.5, 0.6) is 0 Å². The van der Waals surface area contributed by atoms with Gasteiger partial charge < -0.3 is 18.8 Å². The molecule has 2 aromatic rings. The summed E-state index contributed by atoms with van der Waals surface area (Å²) in [5, 5.41) is 0.769. The van der Waals surface area contributed by atoms with Gasteiger partial charge >= 0.3 is 17.6 Å². The Hall–Kier alpha value is -3.35. The van der Waals surface area contributed by atoms with Gasteiger partial charge in [-0.1, -0.05) is 6.08 Å². The molecule has 1 aliphatic heterocycles. The van der Waals surface area contributed by atoms with Crippen molar-refractivity contribution in [3.05, 3.63) is 58.0 Å². The number of nitrogens with zero attached hydrogens (tertiary/aromatic N) is 1. The highest BCUT2D eigenvalue weighted by Gasteiger charge is 2.38. The van der Waals surface area contributed by atoms with Crippen LogP contribution in [0.3, 0.4) is 0 Å². The average Bonchev–Trinajstić information content (AvgIpc) is 2.64. The van der Waals surface area contributed by atoms with E-state index in [2.05, 4.69) is 18.7 Å². The van der Waals surface area contributed by atoms with E-state index in [9.17, 15) is 14.4 Å². The lowest BCUT2D eigenvalue weighted by atomic mass is 10.1. The van der Waals surface area contributed by atoms with Crippen LogP contribution >= 0.6 is 0 Å². The molecule has 7 nitrogen and oxygen atoms in total. The van der Waals surface area contributed by atoms with Gasteiger partial charge in [-0.25, -0.2) is 14.4 Å². The number of benzene rings is 1. The number of carbonyl (C=O) groups is 2. The van der Waals surface area contributed by atoms with Crippen molar-refractivity contribution in [2.75, 3.05) is 18.0 Å². The summed E-state index contributed by atoms with van der Waals surface area (Å²) in [4.78, 5) is 38.3. The quantitative estimate of drug-likeness (QED) is 0.331. The molecule has 1 saturated heterocycles. The first-order valence-corrected chi connectivity index (χ1v) is 9.42. The minimum Gasteiger partial charge on any atom is -0.422 e. The lowest BCUT2D eigenvalue weighted by Gasteiger charge is -2.29. The van der Waals surface area contributed by atoms with Gasteiger partial charge in [-0.2, -0.15) is 0 Å². The van der Waals surface area contributed by atoms with Crippen LogP contribution in [0.25, 0.3) is 17.0 Å². The van der Waals surface area contributed by atoms with Crippen LogP contribution in [-0.2, 0) is 19.1 Å². The maximum absolute atomic E-state index is 12.3. The molecule has 1 aromatic heterocycles. The SMILES string of the molecule is CCN(CC)c1ccc2cc(/C=C/C=C3C(=O)OC(C)(C)OC3=O)c(=O)oc2c1. The first-order valence-electron chi connectivity index (χ1n) is 9.42. The number of fused-ring (bicyclic) bond motifs is 1. The fourth-order valence-corrected chi connectivity index (χ4v) is 3.06. The zero-order valence-corrected chi connectivity index (χ0v) is 16.9. The Balaban J connectivity index is 1.88. The molecule has 0 aliphatic carbocycles. The highest BCUT2D eigenvalue weighted by molar-refractivity contribution is 6.15. The maximum atomic E-state index is 12.3. The van der Waals surface area contributed by atoms with E-state index in [0.717, 1.165) is 24.2 Å². The Bertz CT molecular complexity index is 1050. The van der Waals surface area contributed by atoms with Gasteiger partial charge in [0.2, 0.25) is 0 Å². The Morgan fingerprint density at radius 1 is 1.00 bits per heavy atom. The van der Waals surface area contributed by atoms with Gasteiger partial charge in [0.05, 0.1) is 5.56 Å². The van der Waals surface area contributed by atoms with E-state index in [1.54, 1.807) is 6.07 Å². The van der Waals surface area contributed by atoms with Crippen molar-refractivity contribution in [1.82, 2.24) is 0 Å². The summed E-state index contributed by atoms with van der Waals surface area (Å²) >= 11 is 0. The number of esters is 2. The number of hydrogen-bond donors (Lipinski definition) is 0. The second-order valence-electron chi connectivity index (χ2n) is 7.00. The van der Waals surface area contributed by atoms with Crippen LogP contribution in [0, 0.1) is 0 Å². The van der Waals surface area contributed by atoms with Crippen molar-refractivity contribution in [2.24, 2.45) is 0 Å². The van der Waals surface area contributed by atoms with Crippen molar-refractivity contribution in [3.63, 3.8) is 0 Å². The van der Waals surface area contributed by atoms with Gasteiger partial charge in [-0.05, 0) is 44.2 Å². The Labute approximate surface area is 168 Å². The molecule has 7 heteroatoms. The zero-order chi connectivity index (χ0) is 21.2. The molecule has 1 aliphatic rings. The number of cyclic esters (lactones) is 2. The van der Waals surface area contributed by atoms with Crippen LogP contribution in [-0.4, -0.2) is 30.8 Å². The highest BCUT2D eigenvalue weighted by Crippen LogP contribution is 2.24. The normalized spacial score (nSPS) is 16.1. The molecular formula is C22H23NO6. The van der Waals surface area contributed by atoms with Gasteiger partial charge in [-0.15, -0.1) is 0 Å². The number of hydrogen-bond acceptors (Lipinski definition) is 7. The fraction of sp³-hybridized carbons (Fsp3) is 0.318. The first kappa shape index (κ1) is 20.4.